The highest BCUT2D eigenvalue weighted by atomic mass is 14.9. The fourth-order valence-electron chi connectivity index (χ4n) is 2.00. The van der Waals surface area contributed by atoms with Gasteiger partial charge in [0.15, 0.2) is 0 Å². The number of aromatic nitrogens is 1. The molecule has 2 heterocycles. The molecular weight excluding hydrogens is 196 g/mol. The zero-order valence-corrected chi connectivity index (χ0v) is 9.79. The number of rotatable bonds is 2. The van der Waals surface area contributed by atoms with Gasteiger partial charge in [-0.05, 0) is 56.3 Å². The molecule has 1 aromatic rings. The van der Waals surface area contributed by atoms with Crippen LogP contribution in [0.15, 0.2) is 18.3 Å². The van der Waals surface area contributed by atoms with Crippen molar-refractivity contribution in [3.05, 3.63) is 29.6 Å². The Morgan fingerprint density at radius 1 is 1.56 bits per heavy atom. The highest BCUT2D eigenvalue weighted by Gasteiger charge is 2.12. The maximum atomic E-state index is 4.26. The molecule has 1 aromatic heterocycles. The predicted octanol–water partition coefficient (Wildman–Crippen LogP) is 2.13. The Morgan fingerprint density at radius 2 is 2.50 bits per heavy atom. The van der Waals surface area contributed by atoms with E-state index in [2.05, 4.69) is 35.1 Å². The Morgan fingerprint density at radius 3 is 3.25 bits per heavy atom. The van der Waals surface area contributed by atoms with Gasteiger partial charge >= 0.3 is 0 Å². The van der Waals surface area contributed by atoms with Crippen molar-refractivity contribution in [2.24, 2.45) is 5.92 Å². The zero-order chi connectivity index (χ0) is 11.2. The van der Waals surface area contributed by atoms with Gasteiger partial charge in [0.25, 0.3) is 0 Å². The molecule has 0 bridgehead atoms. The van der Waals surface area contributed by atoms with E-state index in [0.717, 1.165) is 23.6 Å². The monoisotopic (exact) mass is 214 g/mol. The maximum Gasteiger partial charge on any atom is 0.116 e. The third-order valence-electron chi connectivity index (χ3n) is 3.06. The SMILES string of the molecule is Cc1cccnc1C#CCCC1CCNC1. The molecule has 0 radical (unpaired) electrons. The Bertz CT molecular complexity index is 395. The van der Waals surface area contributed by atoms with Crippen molar-refractivity contribution in [2.45, 2.75) is 26.2 Å². The summed E-state index contributed by atoms with van der Waals surface area (Å²) in [6.07, 6.45) is 5.32. The minimum absolute atomic E-state index is 0.833. The summed E-state index contributed by atoms with van der Waals surface area (Å²) in [5, 5.41) is 3.38. The summed E-state index contributed by atoms with van der Waals surface area (Å²) in [5.41, 5.74) is 2.09. The van der Waals surface area contributed by atoms with Crippen LogP contribution in [0.1, 0.15) is 30.5 Å². The van der Waals surface area contributed by atoms with Crippen LogP contribution in [0.4, 0.5) is 0 Å². The highest BCUT2D eigenvalue weighted by molar-refractivity contribution is 5.34. The van der Waals surface area contributed by atoms with Gasteiger partial charge in [-0.1, -0.05) is 12.0 Å². The summed E-state index contributed by atoms with van der Waals surface area (Å²) in [6, 6.07) is 4.00. The number of nitrogens with zero attached hydrogens (tertiary/aromatic N) is 1. The molecule has 1 unspecified atom stereocenters. The predicted molar refractivity (Wildman–Crippen MR) is 66.1 cm³/mol. The lowest BCUT2D eigenvalue weighted by atomic mass is 10.0. The molecule has 16 heavy (non-hydrogen) atoms. The van der Waals surface area contributed by atoms with Crippen LogP contribution >= 0.6 is 0 Å². The average molecular weight is 214 g/mol. The second-order valence-electron chi connectivity index (χ2n) is 4.37. The van der Waals surface area contributed by atoms with E-state index in [1.54, 1.807) is 6.20 Å². The summed E-state index contributed by atoms with van der Waals surface area (Å²) in [5.74, 6) is 7.22. The standard InChI is InChI=1S/C14H18N2/c1-12-5-4-9-16-14(12)7-3-2-6-13-8-10-15-11-13/h4-5,9,13,15H,2,6,8,10-11H2,1H3. The molecule has 2 nitrogen and oxygen atoms in total. The van der Waals surface area contributed by atoms with E-state index in [0.29, 0.717) is 0 Å². The summed E-state index contributed by atoms with van der Waals surface area (Å²) < 4.78 is 0. The summed E-state index contributed by atoms with van der Waals surface area (Å²) in [6.45, 7) is 4.40. The quantitative estimate of drug-likeness (QED) is 0.763. The first kappa shape index (κ1) is 11.2. The molecule has 0 spiro atoms. The van der Waals surface area contributed by atoms with Gasteiger partial charge in [0.1, 0.15) is 5.69 Å². The molecule has 1 aliphatic rings. The van der Waals surface area contributed by atoms with Crippen LogP contribution in [0, 0.1) is 24.7 Å². The second-order valence-corrected chi connectivity index (χ2v) is 4.37. The first-order valence-corrected chi connectivity index (χ1v) is 5.97. The van der Waals surface area contributed by atoms with E-state index in [-0.39, 0.29) is 0 Å². The number of nitrogens with one attached hydrogen (secondary N) is 1. The smallest absolute Gasteiger partial charge is 0.116 e. The minimum Gasteiger partial charge on any atom is -0.316 e. The van der Waals surface area contributed by atoms with Gasteiger partial charge in [-0.3, -0.25) is 0 Å². The molecule has 1 atom stereocenters. The van der Waals surface area contributed by atoms with Crippen LogP contribution in [-0.4, -0.2) is 18.1 Å². The number of pyridine rings is 1. The molecule has 0 aliphatic carbocycles. The van der Waals surface area contributed by atoms with Crippen LogP contribution in [0.3, 0.4) is 0 Å². The van der Waals surface area contributed by atoms with Crippen LogP contribution in [0.2, 0.25) is 0 Å². The number of hydrogen-bond donors (Lipinski definition) is 1. The first-order valence-electron chi connectivity index (χ1n) is 5.97. The molecule has 0 aromatic carbocycles. The van der Waals surface area contributed by atoms with Gasteiger partial charge < -0.3 is 5.32 Å². The molecule has 0 amide bonds. The molecule has 2 heteroatoms. The van der Waals surface area contributed by atoms with Crippen LogP contribution in [0.25, 0.3) is 0 Å². The Kier molecular flexibility index (Phi) is 3.96. The largest absolute Gasteiger partial charge is 0.316 e. The molecule has 2 rings (SSSR count). The van der Waals surface area contributed by atoms with E-state index in [1.807, 2.05) is 6.07 Å². The van der Waals surface area contributed by atoms with Crippen LogP contribution in [-0.2, 0) is 0 Å². The molecule has 84 valence electrons. The highest BCUT2D eigenvalue weighted by Crippen LogP contribution is 2.13. The topological polar surface area (TPSA) is 24.9 Å². The fraction of sp³-hybridized carbons (Fsp3) is 0.500. The third-order valence-corrected chi connectivity index (χ3v) is 3.06. The molecule has 1 fully saturated rings. The van der Waals surface area contributed by atoms with Gasteiger partial charge in [-0.2, -0.15) is 0 Å². The molecule has 1 aliphatic heterocycles. The van der Waals surface area contributed by atoms with E-state index in [9.17, 15) is 0 Å². The van der Waals surface area contributed by atoms with E-state index >= 15 is 0 Å². The van der Waals surface area contributed by atoms with Crippen molar-refractivity contribution in [3.8, 4) is 11.8 Å². The van der Waals surface area contributed by atoms with Gasteiger partial charge in [-0.25, -0.2) is 4.98 Å². The van der Waals surface area contributed by atoms with Gasteiger partial charge in [-0.15, -0.1) is 0 Å². The fourth-order valence-corrected chi connectivity index (χ4v) is 2.00. The lowest BCUT2D eigenvalue weighted by Crippen LogP contribution is -2.08. The van der Waals surface area contributed by atoms with Crippen LogP contribution in [0.5, 0.6) is 0 Å². The minimum atomic E-state index is 0.833. The van der Waals surface area contributed by atoms with Crippen molar-refractivity contribution in [2.75, 3.05) is 13.1 Å². The van der Waals surface area contributed by atoms with Gasteiger partial charge in [0.2, 0.25) is 0 Å². The van der Waals surface area contributed by atoms with Gasteiger partial charge in [0, 0.05) is 12.6 Å². The summed E-state index contributed by atoms with van der Waals surface area (Å²) in [7, 11) is 0. The van der Waals surface area contributed by atoms with Gasteiger partial charge in [0.05, 0.1) is 0 Å². The molecular formula is C14H18N2. The molecule has 1 N–H and O–H groups in total. The molecule has 1 saturated heterocycles. The van der Waals surface area contributed by atoms with Crippen molar-refractivity contribution in [3.63, 3.8) is 0 Å². The molecule has 0 saturated carbocycles. The van der Waals surface area contributed by atoms with Crippen molar-refractivity contribution in [1.82, 2.24) is 10.3 Å². The maximum absolute atomic E-state index is 4.26. The van der Waals surface area contributed by atoms with E-state index in [4.69, 9.17) is 0 Å². The Labute approximate surface area is 97.5 Å². The number of hydrogen-bond acceptors (Lipinski definition) is 2. The van der Waals surface area contributed by atoms with Crippen molar-refractivity contribution >= 4 is 0 Å². The normalized spacial score (nSPS) is 19.2. The lowest BCUT2D eigenvalue weighted by molar-refractivity contribution is 0.542. The second kappa shape index (κ2) is 5.67. The zero-order valence-electron chi connectivity index (χ0n) is 9.79. The number of aryl methyl sites for hydroxylation is 1. The van der Waals surface area contributed by atoms with Crippen molar-refractivity contribution < 1.29 is 0 Å². The summed E-state index contributed by atoms with van der Waals surface area (Å²) in [4.78, 5) is 4.26. The Balaban J connectivity index is 1.83. The van der Waals surface area contributed by atoms with Crippen LogP contribution < -0.4 is 5.32 Å². The lowest BCUT2D eigenvalue weighted by Gasteiger charge is -2.02. The first-order chi connectivity index (χ1) is 7.86. The van der Waals surface area contributed by atoms with E-state index in [1.165, 1.54) is 25.9 Å². The van der Waals surface area contributed by atoms with Crippen molar-refractivity contribution in [1.29, 1.82) is 0 Å². The third kappa shape index (κ3) is 3.08. The van der Waals surface area contributed by atoms with E-state index < -0.39 is 0 Å². The Hall–Kier alpha value is -1.33. The summed E-state index contributed by atoms with van der Waals surface area (Å²) >= 11 is 0. The average Bonchev–Trinajstić information content (AvgIpc) is 2.79.